The van der Waals surface area contributed by atoms with E-state index in [9.17, 15) is 32.9 Å². The van der Waals surface area contributed by atoms with E-state index in [0.717, 1.165) is 24.3 Å². The molecule has 1 aliphatic heterocycles. The first-order chi connectivity index (χ1) is 16.4. The molecule has 0 bridgehead atoms. The third-order valence-electron chi connectivity index (χ3n) is 5.70. The van der Waals surface area contributed by atoms with Gasteiger partial charge in [-0.3, -0.25) is 4.72 Å². The molecule has 2 aliphatic rings. The summed E-state index contributed by atoms with van der Waals surface area (Å²) < 4.78 is 58.4. The van der Waals surface area contributed by atoms with Crippen LogP contribution in [0, 0.1) is 5.82 Å². The van der Waals surface area contributed by atoms with Crippen LogP contribution in [0.1, 0.15) is 19.8 Å². The minimum Gasteiger partial charge on any atom is -0.463 e. The number of esters is 1. The monoisotopic (exact) mass is 539 g/mol. The molecule has 1 saturated heterocycles. The molecular weight excluding hydrogens is 513 g/mol. The van der Waals surface area contributed by atoms with Crippen molar-refractivity contribution in [3.8, 4) is 0 Å². The molecule has 1 aliphatic carbocycles. The number of ether oxygens (including phenoxy) is 3. The Labute approximate surface area is 206 Å². The minimum absolute atomic E-state index is 0.0402. The molecule has 0 radical (unpaired) electrons. The van der Waals surface area contributed by atoms with Gasteiger partial charge in [0, 0.05) is 6.42 Å². The van der Waals surface area contributed by atoms with Crippen LogP contribution in [0.2, 0.25) is 5.02 Å². The lowest BCUT2D eigenvalue weighted by atomic mass is 9.94. The van der Waals surface area contributed by atoms with Crippen molar-refractivity contribution in [2.75, 3.05) is 24.5 Å². The molecule has 6 atom stereocenters. The molecule has 1 aromatic carbocycles. The molecule has 11 nitrogen and oxygen atoms in total. The first kappa shape index (κ1) is 27.7. The Morgan fingerprint density at radius 1 is 1.37 bits per heavy atom. The predicted octanol–water partition coefficient (Wildman–Crippen LogP) is 0.0594. The lowest BCUT2D eigenvalue weighted by Crippen LogP contribution is -2.48. The Morgan fingerprint density at radius 3 is 2.71 bits per heavy atom. The molecule has 0 amide bonds. The maximum Gasteiger partial charge on any atom is 0.335 e. The summed E-state index contributed by atoms with van der Waals surface area (Å²) in [6, 6.07) is 3.11. The summed E-state index contributed by atoms with van der Waals surface area (Å²) in [5.74, 6) is -3.19. The summed E-state index contributed by atoms with van der Waals surface area (Å²) in [7, 11) is -4.28. The van der Waals surface area contributed by atoms with Crippen LogP contribution in [0.15, 0.2) is 29.8 Å². The van der Waals surface area contributed by atoms with Crippen LogP contribution in [0.4, 0.5) is 10.1 Å². The highest BCUT2D eigenvalue weighted by atomic mass is 35.5. The van der Waals surface area contributed by atoms with Gasteiger partial charge in [0.15, 0.2) is 5.79 Å². The van der Waals surface area contributed by atoms with Crippen molar-refractivity contribution in [2.24, 2.45) is 0 Å². The van der Waals surface area contributed by atoms with Gasteiger partial charge in [0.25, 0.3) is 0 Å². The second-order valence-corrected chi connectivity index (χ2v) is 10.4. The zero-order valence-corrected chi connectivity index (χ0v) is 20.2. The van der Waals surface area contributed by atoms with E-state index in [-0.39, 0.29) is 42.3 Å². The normalized spacial score (nSPS) is 27.2. The number of benzene rings is 1. The summed E-state index contributed by atoms with van der Waals surface area (Å²) in [5.41, 5.74) is -0.362. The van der Waals surface area contributed by atoms with Crippen molar-refractivity contribution in [1.82, 2.24) is 0 Å². The van der Waals surface area contributed by atoms with Crippen LogP contribution in [-0.4, -0.2) is 90.1 Å². The highest BCUT2D eigenvalue weighted by Crippen LogP contribution is 2.40. The highest BCUT2D eigenvalue weighted by Gasteiger charge is 2.50. The number of carbonyl (C=O) groups is 1. The van der Waals surface area contributed by atoms with Gasteiger partial charge in [-0.05, 0) is 37.6 Å². The quantitative estimate of drug-likeness (QED) is 0.270. The lowest BCUT2D eigenvalue weighted by Gasteiger charge is -2.34. The van der Waals surface area contributed by atoms with Gasteiger partial charge in [-0.15, -0.1) is 0 Å². The van der Waals surface area contributed by atoms with Crippen LogP contribution in [-0.2, 0) is 29.0 Å². The molecule has 1 fully saturated rings. The number of aliphatic hydroxyl groups is 4. The number of hydrogen-bond acceptors (Lipinski definition) is 10. The van der Waals surface area contributed by atoms with Crippen molar-refractivity contribution in [3.05, 3.63) is 40.7 Å². The van der Waals surface area contributed by atoms with Crippen molar-refractivity contribution in [1.29, 1.82) is 0 Å². The Morgan fingerprint density at radius 2 is 2.09 bits per heavy atom. The first-order valence-electron chi connectivity index (χ1n) is 10.8. The average molecular weight is 540 g/mol. The van der Waals surface area contributed by atoms with Gasteiger partial charge in [0.05, 0.1) is 36.1 Å². The van der Waals surface area contributed by atoms with Crippen LogP contribution < -0.4 is 4.72 Å². The molecule has 3 rings (SSSR count). The molecule has 0 saturated carbocycles. The number of hydrogen-bond donors (Lipinski definition) is 5. The van der Waals surface area contributed by atoms with Gasteiger partial charge in [0.2, 0.25) is 10.0 Å². The Kier molecular flexibility index (Phi) is 8.76. The van der Waals surface area contributed by atoms with E-state index in [2.05, 4.69) is 4.72 Å². The van der Waals surface area contributed by atoms with E-state index in [1.807, 2.05) is 0 Å². The number of sulfonamides is 1. The van der Waals surface area contributed by atoms with Crippen LogP contribution in [0.3, 0.4) is 0 Å². The van der Waals surface area contributed by atoms with Gasteiger partial charge in [-0.1, -0.05) is 11.6 Å². The fourth-order valence-corrected chi connectivity index (χ4v) is 5.72. The maximum absolute atomic E-state index is 13.3. The van der Waals surface area contributed by atoms with E-state index < -0.39 is 63.9 Å². The molecule has 0 aromatic heterocycles. The zero-order valence-electron chi connectivity index (χ0n) is 18.6. The third kappa shape index (κ3) is 6.12. The van der Waals surface area contributed by atoms with E-state index in [1.165, 1.54) is 0 Å². The number of anilines is 1. The molecule has 5 N–H and O–H groups in total. The number of aliphatic hydroxyl groups excluding tert-OH is 4. The van der Waals surface area contributed by atoms with E-state index in [0.29, 0.717) is 0 Å². The van der Waals surface area contributed by atoms with Crippen molar-refractivity contribution in [2.45, 2.75) is 55.2 Å². The lowest BCUT2D eigenvalue weighted by molar-refractivity contribution is -0.170. The standard InChI is InChI=1S/C21H27ClFNO10S/c1-2-32-20(29)12-8-21(33-10-16(34-21)19(28)18(27)15(26)9-25)6-5-17(12)35(30,31)24-14-4-3-11(23)7-13(14)22/h3-4,7-8,15-19,24-28H,2,5-6,9-10H2,1H3. The van der Waals surface area contributed by atoms with Crippen molar-refractivity contribution < 1.29 is 52.2 Å². The fraction of sp³-hybridized carbons (Fsp3) is 0.571. The van der Waals surface area contributed by atoms with Gasteiger partial charge in [-0.25, -0.2) is 17.6 Å². The smallest absolute Gasteiger partial charge is 0.335 e. The SMILES string of the molecule is CCOC(=O)C1=CC2(CCC1S(=O)(=O)Nc1ccc(F)cc1Cl)OCC(C(O)C(O)C(O)CO)O2. The first-order valence-corrected chi connectivity index (χ1v) is 12.7. The topological polar surface area (TPSA) is 172 Å². The van der Waals surface area contributed by atoms with Gasteiger partial charge < -0.3 is 34.6 Å². The molecule has 1 aromatic rings. The molecule has 196 valence electrons. The number of halogens is 2. The van der Waals surface area contributed by atoms with Crippen molar-refractivity contribution in [3.63, 3.8) is 0 Å². The maximum atomic E-state index is 13.3. The molecule has 14 heteroatoms. The Hall–Kier alpha value is -1.84. The van der Waals surface area contributed by atoms with Gasteiger partial charge in [0.1, 0.15) is 35.5 Å². The Bertz CT molecular complexity index is 1070. The molecule has 6 unspecified atom stereocenters. The predicted molar refractivity (Wildman–Crippen MR) is 120 cm³/mol. The van der Waals surface area contributed by atoms with Crippen molar-refractivity contribution >= 4 is 33.3 Å². The van der Waals surface area contributed by atoms with Gasteiger partial charge in [-0.2, -0.15) is 0 Å². The molecule has 35 heavy (non-hydrogen) atoms. The second-order valence-electron chi connectivity index (χ2n) is 8.13. The molecule has 1 heterocycles. The van der Waals surface area contributed by atoms with Crippen LogP contribution in [0.5, 0.6) is 0 Å². The Balaban J connectivity index is 1.88. The number of rotatable bonds is 9. The minimum atomic E-state index is -4.28. The van der Waals surface area contributed by atoms with Gasteiger partial charge >= 0.3 is 5.97 Å². The number of carbonyl (C=O) groups excluding carboxylic acids is 1. The van der Waals surface area contributed by atoms with E-state index >= 15 is 0 Å². The highest BCUT2D eigenvalue weighted by molar-refractivity contribution is 7.93. The summed E-state index contributed by atoms with van der Waals surface area (Å²) in [6.07, 6.45) is -5.20. The summed E-state index contributed by atoms with van der Waals surface area (Å²) in [6.45, 7) is 0.458. The third-order valence-corrected chi connectivity index (χ3v) is 7.76. The second kappa shape index (κ2) is 11.0. The molecular formula is C21H27ClFNO10S. The summed E-state index contributed by atoms with van der Waals surface area (Å²) in [4.78, 5) is 12.7. The summed E-state index contributed by atoms with van der Waals surface area (Å²) in [5, 5.41) is 37.3. The number of nitrogens with one attached hydrogen (secondary N) is 1. The van der Waals surface area contributed by atoms with E-state index in [4.69, 9.17) is 30.9 Å². The molecule has 1 spiro atoms. The average Bonchev–Trinajstić information content (AvgIpc) is 3.22. The van der Waals surface area contributed by atoms with Crippen LogP contribution in [0.25, 0.3) is 0 Å². The largest absolute Gasteiger partial charge is 0.463 e. The van der Waals surface area contributed by atoms with E-state index in [1.54, 1.807) is 6.92 Å². The fourth-order valence-electron chi connectivity index (χ4n) is 3.89. The van der Waals surface area contributed by atoms with Crippen LogP contribution >= 0.6 is 11.6 Å². The zero-order chi connectivity index (χ0) is 26.0. The summed E-state index contributed by atoms with van der Waals surface area (Å²) >= 11 is 5.93.